The standard InChI is InChI=1S/C15H18FN3O/c1-2-7-19-10-13(17)8-14(19)15(20)18-9-11-3-5-12(16)6-4-11/h3-6,8,10H,2,7,9,17H2,1H3,(H,18,20). The molecule has 0 unspecified atom stereocenters. The molecule has 0 saturated carbocycles. The maximum Gasteiger partial charge on any atom is 0.268 e. The minimum atomic E-state index is -0.287. The molecule has 4 nitrogen and oxygen atoms in total. The number of aryl methyl sites for hydroxylation is 1. The number of hydrogen-bond acceptors (Lipinski definition) is 2. The molecule has 0 aliphatic heterocycles. The van der Waals surface area contributed by atoms with E-state index in [1.165, 1.54) is 12.1 Å². The topological polar surface area (TPSA) is 60.0 Å². The number of aromatic nitrogens is 1. The van der Waals surface area contributed by atoms with E-state index in [0.29, 0.717) is 17.9 Å². The van der Waals surface area contributed by atoms with Crippen LogP contribution in [0.25, 0.3) is 0 Å². The van der Waals surface area contributed by atoms with E-state index in [-0.39, 0.29) is 11.7 Å². The second-order valence-corrected chi connectivity index (χ2v) is 4.66. The number of nitrogens with one attached hydrogen (secondary N) is 1. The first-order valence-corrected chi connectivity index (χ1v) is 6.58. The van der Waals surface area contributed by atoms with Crippen LogP contribution in [0.5, 0.6) is 0 Å². The van der Waals surface area contributed by atoms with Gasteiger partial charge in [-0.2, -0.15) is 0 Å². The Hall–Kier alpha value is -2.30. The second kappa shape index (κ2) is 6.23. The fraction of sp³-hybridized carbons (Fsp3) is 0.267. The Morgan fingerprint density at radius 1 is 1.35 bits per heavy atom. The first-order valence-electron chi connectivity index (χ1n) is 6.58. The van der Waals surface area contributed by atoms with Crippen molar-refractivity contribution >= 4 is 11.6 Å². The highest BCUT2D eigenvalue weighted by atomic mass is 19.1. The van der Waals surface area contributed by atoms with E-state index in [9.17, 15) is 9.18 Å². The maximum atomic E-state index is 12.8. The van der Waals surface area contributed by atoms with Crippen LogP contribution >= 0.6 is 0 Å². The first-order chi connectivity index (χ1) is 9.60. The molecule has 1 aromatic carbocycles. The van der Waals surface area contributed by atoms with Crippen molar-refractivity contribution in [3.05, 3.63) is 53.6 Å². The fourth-order valence-corrected chi connectivity index (χ4v) is 2.02. The molecule has 0 aliphatic carbocycles. The van der Waals surface area contributed by atoms with Crippen molar-refractivity contribution in [1.29, 1.82) is 0 Å². The van der Waals surface area contributed by atoms with Gasteiger partial charge in [0.2, 0.25) is 0 Å². The summed E-state index contributed by atoms with van der Waals surface area (Å²) in [6.07, 6.45) is 2.68. The number of benzene rings is 1. The van der Waals surface area contributed by atoms with Crippen molar-refractivity contribution in [2.75, 3.05) is 5.73 Å². The summed E-state index contributed by atoms with van der Waals surface area (Å²) < 4.78 is 14.6. The number of carbonyl (C=O) groups is 1. The Morgan fingerprint density at radius 2 is 2.05 bits per heavy atom. The number of carbonyl (C=O) groups excluding carboxylic acids is 1. The van der Waals surface area contributed by atoms with Crippen molar-refractivity contribution in [3.63, 3.8) is 0 Å². The quantitative estimate of drug-likeness (QED) is 0.881. The van der Waals surface area contributed by atoms with Crippen molar-refractivity contribution in [2.45, 2.75) is 26.4 Å². The molecular weight excluding hydrogens is 257 g/mol. The summed E-state index contributed by atoms with van der Waals surface area (Å²) in [5.74, 6) is -0.468. The van der Waals surface area contributed by atoms with Gasteiger partial charge in [-0.05, 0) is 30.2 Å². The summed E-state index contributed by atoms with van der Waals surface area (Å²) in [6, 6.07) is 7.71. The number of hydrogen-bond donors (Lipinski definition) is 2. The van der Waals surface area contributed by atoms with Gasteiger partial charge in [-0.25, -0.2) is 4.39 Å². The van der Waals surface area contributed by atoms with E-state index in [2.05, 4.69) is 5.32 Å². The molecule has 3 N–H and O–H groups in total. The largest absolute Gasteiger partial charge is 0.397 e. The van der Waals surface area contributed by atoms with Crippen LogP contribution in [0, 0.1) is 5.82 Å². The van der Waals surface area contributed by atoms with E-state index < -0.39 is 0 Å². The van der Waals surface area contributed by atoms with Gasteiger partial charge in [0, 0.05) is 19.3 Å². The van der Waals surface area contributed by atoms with Crippen LogP contribution in [0.1, 0.15) is 29.4 Å². The van der Waals surface area contributed by atoms with E-state index in [4.69, 9.17) is 5.73 Å². The Labute approximate surface area is 117 Å². The third-order valence-electron chi connectivity index (χ3n) is 2.98. The van der Waals surface area contributed by atoms with Crippen molar-refractivity contribution in [1.82, 2.24) is 9.88 Å². The van der Waals surface area contributed by atoms with E-state index in [1.807, 2.05) is 11.5 Å². The Balaban J connectivity index is 2.03. The summed E-state index contributed by atoms with van der Waals surface area (Å²) in [6.45, 7) is 3.14. The van der Waals surface area contributed by atoms with Crippen molar-refractivity contribution in [3.8, 4) is 0 Å². The number of nitrogen functional groups attached to an aromatic ring is 1. The smallest absolute Gasteiger partial charge is 0.268 e. The molecule has 0 spiro atoms. The highest BCUT2D eigenvalue weighted by Gasteiger charge is 2.12. The lowest BCUT2D eigenvalue weighted by atomic mass is 10.2. The second-order valence-electron chi connectivity index (χ2n) is 4.66. The lowest BCUT2D eigenvalue weighted by Crippen LogP contribution is -2.25. The van der Waals surface area contributed by atoms with Crippen LogP contribution in [0.2, 0.25) is 0 Å². The van der Waals surface area contributed by atoms with E-state index in [1.54, 1.807) is 24.4 Å². The predicted octanol–water partition coefficient (Wildman–Crippen LogP) is 2.55. The summed E-state index contributed by atoms with van der Waals surface area (Å²) in [5, 5.41) is 2.81. The molecule has 0 bridgehead atoms. The molecule has 0 radical (unpaired) electrons. The average Bonchev–Trinajstić information content (AvgIpc) is 2.79. The molecule has 20 heavy (non-hydrogen) atoms. The molecule has 0 saturated heterocycles. The summed E-state index contributed by atoms with van der Waals surface area (Å²) in [5.41, 5.74) is 7.70. The van der Waals surface area contributed by atoms with Gasteiger partial charge < -0.3 is 15.6 Å². The van der Waals surface area contributed by atoms with Gasteiger partial charge in [0.05, 0.1) is 5.69 Å². The van der Waals surface area contributed by atoms with Gasteiger partial charge in [0.1, 0.15) is 11.5 Å². The van der Waals surface area contributed by atoms with Gasteiger partial charge in [0.25, 0.3) is 5.91 Å². The number of nitrogens with zero attached hydrogens (tertiary/aromatic N) is 1. The number of amides is 1. The molecule has 1 heterocycles. The highest BCUT2D eigenvalue weighted by molar-refractivity contribution is 5.93. The summed E-state index contributed by atoms with van der Waals surface area (Å²) >= 11 is 0. The van der Waals surface area contributed by atoms with Gasteiger partial charge in [-0.15, -0.1) is 0 Å². The summed E-state index contributed by atoms with van der Waals surface area (Å²) in [4.78, 5) is 12.1. The molecule has 0 fully saturated rings. The molecule has 2 rings (SSSR count). The minimum absolute atomic E-state index is 0.181. The molecule has 0 aliphatic rings. The van der Waals surface area contributed by atoms with Gasteiger partial charge >= 0.3 is 0 Å². The third-order valence-corrected chi connectivity index (χ3v) is 2.98. The zero-order valence-corrected chi connectivity index (χ0v) is 11.4. The lowest BCUT2D eigenvalue weighted by molar-refractivity contribution is 0.0941. The minimum Gasteiger partial charge on any atom is -0.397 e. The molecule has 106 valence electrons. The van der Waals surface area contributed by atoms with Crippen LogP contribution in [-0.4, -0.2) is 10.5 Å². The number of halogens is 1. The maximum absolute atomic E-state index is 12.8. The zero-order valence-electron chi connectivity index (χ0n) is 11.4. The zero-order chi connectivity index (χ0) is 14.5. The Bertz CT molecular complexity index is 590. The lowest BCUT2D eigenvalue weighted by Gasteiger charge is -2.08. The van der Waals surface area contributed by atoms with Gasteiger partial charge in [0.15, 0.2) is 0 Å². The molecular formula is C15H18FN3O. The fourth-order valence-electron chi connectivity index (χ4n) is 2.02. The van der Waals surface area contributed by atoms with Crippen LogP contribution in [0.4, 0.5) is 10.1 Å². The van der Waals surface area contributed by atoms with Crippen molar-refractivity contribution < 1.29 is 9.18 Å². The van der Waals surface area contributed by atoms with Gasteiger partial charge in [-0.3, -0.25) is 4.79 Å². The predicted molar refractivity (Wildman–Crippen MR) is 76.7 cm³/mol. The van der Waals surface area contributed by atoms with Gasteiger partial charge in [-0.1, -0.05) is 19.1 Å². The molecule has 0 atom stereocenters. The normalized spacial score (nSPS) is 10.5. The summed E-state index contributed by atoms with van der Waals surface area (Å²) in [7, 11) is 0. The third kappa shape index (κ3) is 3.38. The van der Waals surface area contributed by atoms with Crippen LogP contribution in [0.15, 0.2) is 36.5 Å². The molecule has 1 amide bonds. The monoisotopic (exact) mass is 275 g/mol. The van der Waals surface area contributed by atoms with E-state index >= 15 is 0 Å². The Morgan fingerprint density at radius 3 is 2.70 bits per heavy atom. The van der Waals surface area contributed by atoms with Crippen LogP contribution in [0.3, 0.4) is 0 Å². The number of rotatable bonds is 5. The first kappa shape index (κ1) is 14.1. The Kier molecular flexibility index (Phi) is 4.40. The van der Waals surface area contributed by atoms with E-state index in [0.717, 1.165) is 18.5 Å². The average molecular weight is 275 g/mol. The highest BCUT2D eigenvalue weighted by Crippen LogP contribution is 2.12. The molecule has 5 heteroatoms. The number of nitrogens with two attached hydrogens (primary N) is 1. The SMILES string of the molecule is CCCn1cc(N)cc1C(=O)NCc1ccc(F)cc1. The van der Waals surface area contributed by atoms with Crippen LogP contribution < -0.4 is 11.1 Å². The van der Waals surface area contributed by atoms with Crippen LogP contribution in [-0.2, 0) is 13.1 Å². The van der Waals surface area contributed by atoms with Crippen molar-refractivity contribution in [2.24, 2.45) is 0 Å². The number of anilines is 1. The molecule has 1 aromatic heterocycles. The molecule has 2 aromatic rings.